The molecule has 0 aliphatic carbocycles. The largest absolute Gasteiger partial charge is 0.459 e. The van der Waals surface area contributed by atoms with Crippen LogP contribution in [0.3, 0.4) is 0 Å². The molecule has 0 aliphatic rings. The van der Waals surface area contributed by atoms with Gasteiger partial charge in [0.25, 0.3) is 11.8 Å². The first-order valence-electron chi connectivity index (χ1n) is 6.87. The van der Waals surface area contributed by atoms with Gasteiger partial charge in [-0.2, -0.15) is 5.10 Å². The molecule has 3 rings (SSSR count). The maximum absolute atomic E-state index is 12.4. The number of nitrogens with one attached hydrogen (secondary N) is 2. The molecule has 0 unspecified atom stereocenters. The highest BCUT2D eigenvalue weighted by Crippen LogP contribution is 2.18. The van der Waals surface area contributed by atoms with Crippen molar-refractivity contribution in [2.24, 2.45) is 7.05 Å². The first-order chi connectivity index (χ1) is 11.1. The van der Waals surface area contributed by atoms with E-state index in [1.54, 1.807) is 60.5 Å². The Hall–Kier alpha value is -3.35. The number of hydrogen-bond donors (Lipinski definition) is 2. The Morgan fingerprint density at radius 1 is 1.09 bits per heavy atom. The zero-order valence-electron chi connectivity index (χ0n) is 12.3. The number of aryl methyl sites for hydroxylation is 1. The Balaban J connectivity index is 1.80. The van der Waals surface area contributed by atoms with E-state index in [2.05, 4.69) is 15.7 Å². The van der Waals surface area contributed by atoms with Gasteiger partial charge < -0.3 is 15.1 Å². The first kappa shape index (κ1) is 14.6. The van der Waals surface area contributed by atoms with Crippen molar-refractivity contribution in [3.05, 3.63) is 66.4 Å². The monoisotopic (exact) mass is 310 g/mol. The minimum Gasteiger partial charge on any atom is -0.459 e. The summed E-state index contributed by atoms with van der Waals surface area (Å²) < 4.78 is 6.63. The second kappa shape index (κ2) is 6.18. The molecule has 7 nitrogen and oxygen atoms in total. The summed E-state index contributed by atoms with van der Waals surface area (Å²) in [6.07, 6.45) is 4.64. The number of rotatable bonds is 4. The molecule has 7 heteroatoms. The third-order valence-corrected chi connectivity index (χ3v) is 3.13. The lowest BCUT2D eigenvalue weighted by molar-refractivity contribution is 0.0996. The topological polar surface area (TPSA) is 89.2 Å². The van der Waals surface area contributed by atoms with E-state index in [4.69, 9.17) is 4.42 Å². The van der Waals surface area contributed by atoms with Crippen molar-refractivity contribution >= 4 is 23.2 Å². The van der Waals surface area contributed by atoms with Crippen molar-refractivity contribution in [1.82, 2.24) is 9.78 Å². The Bertz CT molecular complexity index is 837. The number of amides is 2. The Kier molecular flexibility index (Phi) is 3.92. The van der Waals surface area contributed by atoms with Gasteiger partial charge in [-0.05, 0) is 24.3 Å². The zero-order chi connectivity index (χ0) is 16.2. The first-order valence-corrected chi connectivity index (χ1v) is 6.87. The van der Waals surface area contributed by atoms with E-state index < -0.39 is 5.91 Å². The van der Waals surface area contributed by atoms with E-state index in [-0.39, 0.29) is 11.7 Å². The van der Waals surface area contributed by atoms with E-state index in [0.717, 1.165) is 0 Å². The molecule has 0 bridgehead atoms. The van der Waals surface area contributed by atoms with Crippen LogP contribution in [0.25, 0.3) is 0 Å². The van der Waals surface area contributed by atoms with Crippen molar-refractivity contribution < 1.29 is 14.0 Å². The van der Waals surface area contributed by atoms with Crippen LogP contribution in [-0.4, -0.2) is 21.6 Å². The third kappa shape index (κ3) is 3.29. The van der Waals surface area contributed by atoms with E-state index >= 15 is 0 Å². The molecule has 0 aliphatic heterocycles. The Morgan fingerprint density at radius 2 is 1.91 bits per heavy atom. The molecule has 2 amide bonds. The van der Waals surface area contributed by atoms with Crippen LogP contribution in [0.2, 0.25) is 0 Å². The average Bonchev–Trinajstić information content (AvgIpc) is 3.19. The summed E-state index contributed by atoms with van der Waals surface area (Å²) in [6.45, 7) is 0. The minimum absolute atomic E-state index is 0.174. The molecule has 0 saturated carbocycles. The lowest BCUT2D eigenvalue weighted by Crippen LogP contribution is -2.17. The summed E-state index contributed by atoms with van der Waals surface area (Å²) in [5, 5.41) is 9.39. The summed E-state index contributed by atoms with van der Waals surface area (Å²) in [6, 6.07) is 9.91. The van der Waals surface area contributed by atoms with Crippen LogP contribution < -0.4 is 10.6 Å². The predicted octanol–water partition coefficient (Wildman–Crippen LogP) is 2.52. The normalized spacial score (nSPS) is 10.3. The summed E-state index contributed by atoms with van der Waals surface area (Å²) in [5.74, 6) is -0.586. The van der Waals surface area contributed by atoms with Gasteiger partial charge in [0.15, 0.2) is 5.76 Å². The highest BCUT2D eigenvalue weighted by atomic mass is 16.3. The number of furan rings is 1. The predicted molar refractivity (Wildman–Crippen MR) is 84.3 cm³/mol. The van der Waals surface area contributed by atoms with Gasteiger partial charge in [0, 0.05) is 13.2 Å². The molecule has 1 aromatic carbocycles. The van der Waals surface area contributed by atoms with Crippen LogP contribution in [0.4, 0.5) is 11.4 Å². The molecule has 2 heterocycles. The second-order valence-electron chi connectivity index (χ2n) is 4.83. The smallest absolute Gasteiger partial charge is 0.291 e. The van der Waals surface area contributed by atoms with Gasteiger partial charge in [0.1, 0.15) is 0 Å². The fraction of sp³-hybridized carbons (Fsp3) is 0.0625. The number of benzene rings is 1. The fourth-order valence-corrected chi connectivity index (χ4v) is 2.07. The van der Waals surface area contributed by atoms with Crippen molar-refractivity contribution in [3.8, 4) is 0 Å². The van der Waals surface area contributed by atoms with Gasteiger partial charge in [-0.3, -0.25) is 14.3 Å². The third-order valence-electron chi connectivity index (χ3n) is 3.13. The lowest BCUT2D eigenvalue weighted by atomic mass is 10.1. The van der Waals surface area contributed by atoms with Gasteiger partial charge in [-0.15, -0.1) is 0 Å². The van der Waals surface area contributed by atoms with Crippen LogP contribution >= 0.6 is 0 Å². The summed E-state index contributed by atoms with van der Waals surface area (Å²) >= 11 is 0. The average molecular weight is 310 g/mol. The van der Waals surface area contributed by atoms with E-state index in [0.29, 0.717) is 16.9 Å². The number of aromatic nitrogens is 2. The number of carbonyl (C=O) groups is 2. The van der Waals surface area contributed by atoms with Crippen molar-refractivity contribution in [2.75, 3.05) is 10.6 Å². The van der Waals surface area contributed by atoms with E-state index in [1.165, 1.54) is 6.26 Å². The van der Waals surface area contributed by atoms with Gasteiger partial charge in [0.2, 0.25) is 0 Å². The molecule has 23 heavy (non-hydrogen) atoms. The molecule has 0 spiro atoms. The zero-order valence-corrected chi connectivity index (χ0v) is 12.3. The molecular formula is C16H14N4O3. The Morgan fingerprint density at radius 3 is 2.61 bits per heavy atom. The number of anilines is 2. The number of para-hydroxylation sites is 1. The van der Waals surface area contributed by atoms with Crippen LogP contribution in [0.15, 0.2) is 59.5 Å². The van der Waals surface area contributed by atoms with E-state index in [9.17, 15) is 9.59 Å². The minimum atomic E-state index is -0.420. The van der Waals surface area contributed by atoms with Gasteiger partial charge in [-0.1, -0.05) is 12.1 Å². The van der Waals surface area contributed by atoms with Gasteiger partial charge >= 0.3 is 0 Å². The molecular weight excluding hydrogens is 296 g/mol. The molecule has 0 radical (unpaired) electrons. The number of nitrogens with zero attached hydrogens (tertiary/aromatic N) is 2. The SMILES string of the molecule is Cn1cc(NC(=O)c2ccccc2NC(=O)c2ccco2)cn1. The summed E-state index contributed by atoms with van der Waals surface area (Å²) in [5.41, 5.74) is 1.32. The van der Waals surface area contributed by atoms with Gasteiger partial charge in [0.05, 0.1) is 29.4 Å². The lowest BCUT2D eigenvalue weighted by Gasteiger charge is -2.09. The molecule has 3 aromatic rings. The van der Waals surface area contributed by atoms with Crippen LogP contribution in [0.5, 0.6) is 0 Å². The van der Waals surface area contributed by atoms with Crippen LogP contribution in [0, 0.1) is 0 Å². The molecule has 0 fully saturated rings. The molecule has 2 aromatic heterocycles. The van der Waals surface area contributed by atoms with Crippen LogP contribution in [0.1, 0.15) is 20.9 Å². The molecule has 0 saturated heterocycles. The molecule has 0 atom stereocenters. The van der Waals surface area contributed by atoms with Crippen molar-refractivity contribution in [3.63, 3.8) is 0 Å². The maximum atomic E-state index is 12.4. The highest BCUT2D eigenvalue weighted by Gasteiger charge is 2.15. The highest BCUT2D eigenvalue weighted by molar-refractivity contribution is 6.11. The number of carbonyl (C=O) groups excluding carboxylic acids is 2. The van der Waals surface area contributed by atoms with Crippen LogP contribution in [-0.2, 0) is 7.05 Å². The van der Waals surface area contributed by atoms with Gasteiger partial charge in [-0.25, -0.2) is 0 Å². The maximum Gasteiger partial charge on any atom is 0.291 e. The second-order valence-corrected chi connectivity index (χ2v) is 4.83. The molecule has 116 valence electrons. The summed E-state index contributed by atoms with van der Waals surface area (Å²) in [4.78, 5) is 24.5. The van der Waals surface area contributed by atoms with E-state index in [1.807, 2.05) is 0 Å². The van der Waals surface area contributed by atoms with Crippen molar-refractivity contribution in [2.45, 2.75) is 0 Å². The molecule has 2 N–H and O–H groups in total. The van der Waals surface area contributed by atoms with Crippen molar-refractivity contribution in [1.29, 1.82) is 0 Å². The quantitative estimate of drug-likeness (QED) is 0.775. The fourth-order valence-electron chi connectivity index (χ4n) is 2.07. The summed E-state index contributed by atoms with van der Waals surface area (Å²) in [7, 11) is 1.76. The number of hydrogen-bond acceptors (Lipinski definition) is 4. The Labute approximate surface area is 131 Å². The standard InChI is InChI=1S/C16H14N4O3/c1-20-10-11(9-17-20)18-15(21)12-5-2-3-6-13(12)19-16(22)14-7-4-8-23-14/h2-10H,1H3,(H,18,21)(H,19,22).